The Morgan fingerprint density at radius 3 is 2.89 bits per heavy atom. The van der Waals surface area contributed by atoms with Gasteiger partial charge in [0.05, 0.1) is 25.9 Å². The average Bonchev–Trinajstić information content (AvgIpc) is 2.48. The van der Waals surface area contributed by atoms with Crippen LogP contribution in [0.3, 0.4) is 0 Å². The lowest BCUT2D eigenvalue weighted by atomic mass is 10.1. The number of morpholine rings is 1. The summed E-state index contributed by atoms with van der Waals surface area (Å²) >= 11 is 0. The van der Waals surface area contributed by atoms with Crippen molar-refractivity contribution in [1.82, 2.24) is 10.6 Å². The molecule has 5 heteroatoms. The van der Waals surface area contributed by atoms with Crippen LogP contribution in [-0.2, 0) is 16.0 Å². The minimum absolute atomic E-state index is 0.0752. The molecule has 3 N–H and O–H groups in total. The molecule has 0 aliphatic carbocycles. The summed E-state index contributed by atoms with van der Waals surface area (Å²) in [5, 5.41) is 15.3. The Bertz CT molecular complexity index is 391. The molecule has 1 fully saturated rings. The van der Waals surface area contributed by atoms with Crippen molar-refractivity contribution in [3.05, 3.63) is 35.9 Å². The molecule has 5 nitrogen and oxygen atoms in total. The number of hydrogen-bond donors (Lipinski definition) is 3. The number of amides is 1. The van der Waals surface area contributed by atoms with Crippen LogP contribution in [0.4, 0.5) is 0 Å². The van der Waals surface area contributed by atoms with Crippen LogP contribution in [0.2, 0.25) is 0 Å². The molecule has 0 bridgehead atoms. The van der Waals surface area contributed by atoms with Crippen LogP contribution in [0.1, 0.15) is 5.56 Å². The molecule has 19 heavy (non-hydrogen) atoms. The molecule has 2 atom stereocenters. The number of carbonyl (C=O) groups is 1. The highest BCUT2D eigenvalue weighted by atomic mass is 16.5. The van der Waals surface area contributed by atoms with E-state index < -0.39 is 0 Å². The first kappa shape index (κ1) is 14.0. The first-order valence-corrected chi connectivity index (χ1v) is 6.56. The third-order valence-electron chi connectivity index (χ3n) is 3.13. The first-order valence-electron chi connectivity index (χ1n) is 6.56. The van der Waals surface area contributed by atoms with E-state index in [2.05, 4.69) is 10.6 Å². The summed E-state index contributed by atoms with van der Waals surface area (Å²) < 4.78 is 5.25. The van der Waals surface area contributed by atoms with Crippen molar-refractivity contribution >= 4 is 5.91 Å². The second-order valence-electron chi connectivity index (χ2n) is 4.66. The second kappa shape index (κ2) is 7.23. The van der Waals surface area contributed by atoms with E-state index in [-0.39, 0.29) is 24.6 Å². The van der Waals surface area contributed by atoms with Crippen molar-refractivity contribution in [2.45, 2.75) is 18.5 Å². The van der Waals surface area contributed by atoms with Gasteiger partial charge in [-0.3, -0.25) is 4.79 Å². The molecule has 104 valence electrons. The van der Waals surface area contributed by atoms with Crippen LogP contribution in [-0.4, -0.2) is 49.5 Å². The number of carbonyl (C=O) groups excluding carboxylic acids is 1. The van der Waals surface area contributed by atoms with E-state index in [0.717, 1.165) is 5.56 Å². The molecule has 1 aromatic carbocycles. The molecular formula is C14H20N2O3. The van der Waals surface area contributed by atoms with Crippen LogP contribution < -0.4 is 10.6 Å². The van der Waals surface area contributed by atoms with E-state index in [9.17, 15) is 9.90 Å². The van der Waals surface area contributed by atoms with Crippen LogP contribution in [0.5, 0.6) is 0 Å². The van der Waals surface area contributed by atoms with Gasteiger partial charge in [-0.2, -0.15) is 0 Å². The minimum Gasteiger partial charge on any atom is -0.394 e. The van der Waals surface area contributed by atoms with Crippen molar-refractivity contribution in [2.24, 2.45) is 0 Å². The fourth-order valence-electron chi connectivity index (χ4n) is 2.10. The molecule has 1 aliphatic heterocycles. The molecule has 0 radical (unpaired) electrons. The Morgan fingerprint density at radius 2 is 2.26 bits per heavy atom. The summed E-state index contributed by atoms with van der Waals surface area (Å²) in [7, 11) is 0. The molecule has 2 rings (SSSR count). The fraction of sp³-hybridized carbons (Fsp3) is 0.500. The zero-order valence-electron chi connectivity index (χ0n) is 10.8. The maximum Gasteiger partial charge on any atom is 0.239 e. The van der Waals surface area contributed by atoms with Gasteiger partial charge in [-0.15, -0.1) is 0 Å². The summed E-state index contributed by atoms with van der Waals surface area (Å²) in [5.74, 6) is -0.116. The Hall–Kier alpha value is -1.43. The lowest BCUT2D eigenvalue weighted by Crippen LogP contribution is -2.54. The lowest BCUT2D eigenvalue weighted by molar-refractivity contribution is -0.126. The van der Waals surface area contributed by atoms with Gasteiger partial charge < -0.3 is 20.5 Å². The zero-order chi connectivity index (χ0) is 13.5. The van der Waals surface area contributed by atoms with Gasteiger partial charge in [-0.1, -0.05) is 30.3 Å². The highest BCUT2D eigenvalue weighted by molar-refractivity contribution is 5.82. The van der Waals surface area contributed by atoms with Crippen molar-refractivity contribution in [2.75, 3.05) is 26.4 Å². The van der Waals surface area contributed by atoms with Crippen LogP contribution in [0.25, 0.3) is 0 Å². The van der Waals surface area contributed by atoms with Gasteiger partial charge in [0.2, 0.25) is 5.91 Å². The van der Waals surface area contributed by atoms with Gasteiger partial charge in [0.1, 0.15) is 6.04 Å². The molecule has 1 aromatic rings. The third kappa shape index (κ3) is 4.31. The number of ether oxygens (including phenoxy) is 1. The fourth-order valence-corrected chi connectivity index (χ4v) is 2.10. The van der Waals surface area contributed by atoms with Gasteiger partial charge >= 0.3 is 0 Å². The SMILES string of the molecule is O=C(N[C@@H](CO)Cc1ccccc1)C1COCCN1. The zero-order valence-corrected chi connectivity index (χ0v) is 10.8. The standard InChI is InChI=1S/C14H20N2O3/c17-9-12(8-11-4-2-1-3-5-11)16-14(18)13-10-19-7-6-15-13/h1-5,12-13,15,17H,6-10H2,(H,16,18)/t12-,13?/m1/s1. The Labute approximate surface area is 113 Å². The van der Waals surface area contributed by atoms with E-state index >= 15 is 0 Å². The van der Waals surface area contributed by atoms with Crippen LogP contribution in [0, 0.1) is 0 Å². The molecule has 0 saturated carbocycles. The van der Waals surface area contributed by atoms with Gasteiger partial charge in [-0.05, 0) is 12.0 Å². The van der Waals surface area contributed by atoms with E-state index in [4.69, 9.17) is 4.74 Å². The Morgan fingerprint density at radius 1 is 1.47 bits per heavy atom. The predicted molar refractivity (Wildman–Crippen MR) is 71.8 cm³/mol. The van der Waals surface area contributed by atoms with E-state index in [1.807, 2.05) is 30.3 Å². The number of nitrogens with one attached hydrogen (secondary N) is 2. The summed E-state index contributed by atoms with van der Waals surface area (Å²) in [4.78, 5) is 12.0. The largest absolute Gasteiger partial charge is 0.394 e. The molecule has 1 amide bonds. The summed E-state index contributed by atoms with van der Waals surface area (Å²) in [5.41, 5.74) is 1.09. The molecular weight excluding hydrogens is 244 g/mol. The maximum absolute atomic E-state index is 12.0. The normalized spacial score (nSPS) is 20.8. The van der Waals surface area contributed by atoms with Gasteiger partial charge in [0, 0.05) is 6.54 Å². The lowest BCUT2D eigenvalue weighted by Gasteiger charge is -2.25. The van der Waals surface area contributed by atoms with Crippen molar-refractivity contribution in [3.63, 3.8) is 0 Å². The smallest absolute Gasteiger partial charge is 0.239 e. The second-order valence-corrected chi connectivity index (χ2v) is 4.66. The van der Waals surface area contributed by atoms with Crippen molar-refractivity contribution in [3.8, 4) is 0 Å². The maximum atomic E-state index is 12.0. The van der Waals surface area contributed by atoms with E-state index in [0.29, 0.717) is 26.2 Å². The Balaban J connectivity index is 1.86. The van der Waals surface area contributed by atoms with E-state index in [1.165, 1.54) is 0 Å². The average molecular weight is 264 g/mol. The summed E-state index contributed by atoms with van der Waals surface area (Å²) in [6.45, 7) is 1.63. The monoisotopic (exact) mass is 264 g/mol. The van der Waals surface area contributed by atoms with E-state index in [1.54, 1.807) is 0 Å². The number of rotatable bonds is 5. The number of hydrogen-bond acceptors (Lipinski definition) is 4. The number of benzene rings is 1. The molecule has 1 saturated heterocycles. The summed E-state index contributed by atoms with van der Waals surface area (Å²) in [6.07, 6.45) is 0.622. The van der Waals surface area contributed by atoms with Gasteiger partial charge in [0.15, 0.2) is 0 Å². The highest BCUT2D eigenvalue weighted by Gasteiger charge is 2.23. The first-order chi connectivity index (χ1) is 9.29. The van der Waals surface area contributed by atoms with Gasteiger partial charge in [-0.25, -0.2) is 0 Å². The van der Waals surface area contributed by atoms with Crippen LogP contribution >= 0.6 is 0 Å². The quantitative estimate of drug-likeness (QED) is 0.682. The number of aliphatic hydroxyl groups excluding tert-OH is 1. The third-order valence-corrected chi connectivity index (χ3v) is 3.13. The van der Waals surface area contributed by atoms with Gasteiger partial charge in [0.25, 0.3) is 0 Å². The molecule has 1 aliphatic rings. The topological polar surface area (TPSA) is 70.6 Å². The predicted octanol–water partition coefficient (Wildman–Crippen LogP) is -0.305. The van der Waals surface area contributed by atoms with Crippen molar-refractivity contribution < 1.29 is 14.6 Å². The Kier molecular flexibility index (Phi) is 5.32. The molecule has 0 spiro atoms. The molecule has 1 unspecified atom stereocenters. The molecule has 0 aromatic heterocycles. The van der Waals surface area contributed by atoms with Crippen LogP contribution in [0.15, 0.2) is 30.3 Å². The molecule has 1 heterocycles. The highest BCUT2D eigenvalue weighted by Crippen LogP contribution is 2.03. The number of aliphatic hydroxyl groups is 1. The minimum atomic E-state index is -0.321. The van der Waals surface area contributed by atoms with Crippen molar-refractivity contribution in [1.29, 1.82) is 0 Å². The summed E-state index contributed by atoms with van der Waals surface area (Å²) in [6, 6.07) is 9.22.